The third kappa shape index (κ3) is 6.51. The number of aromatic nitrogens is 2. The molecule has 11 heteroatoms. The van der Waals surface area contributed by atoms with Crippen LogP contribution in [0.5, 0.6) is 5.75 Å². The molecule has 0 saturated heterocycles. The lowest BCUT2D eigenvalue weighted by molar-refractivity contribution is -0.274. The van der Waals surface area contributed by atoms with Crippen molar-refractivity contribution in [3.8, 4) is 17.0 Å². The standard InChI is InChI=1S/C20H17F5N4O2/c21-13-5-6-15(22)17(10-13)27-18-11-16(28-19(29-18)26-7-2-8-30)12-3-1-4-14(9-12)31-20(23,24)25/h1,3-6,9-11,30H,2,7-8H2,(H2,26,27,28,29). The highest BCUT2D eigenvalue weighted by atomic mass is 19.4. The van der Waals surface area contributed by atoms with Gasteiger partial charge in [0.1, 0.15) is 23.2 Å². The molecular weight excluding hydrogens is 423 g/mol. The number of benzene rings is 2. The van der Waals surface area contributed by atoms with Crippen molar-refractivity contribution < 1.29 is 31.8 Å². The minimum absolute atomic E-state index is 0.0724. The summed E-state index contributed by atoms with van der Waals surface area (Å²) in [5.41, 5.74) is 0.297. The number of rotatable bonds is 8. The van der Waals surface area contributed by atoms with E-state index in [2.05, 4.69) is 25.3 Å². The molecule has 6 nitrogen and oxygen atoms in total. The topological polar surface area (TPSA) is 79.3 Å². The van der Waals surface area contributed by atoms with Crippen LogP contribution in [0.1, 0.15) is 6.42 Å². The molecule has 2 aromatic carbocycles. The molecule has 0 unspecified atom stereocenters. The number of aliphatic hydroxyl groups excluding tert-OH is 1. The van der Waals surface area contributed by atoms with Gasteiger partial charge in [0.2, 0.25) is 5.95 Å². The van der Waals surface area contributed by atoms with Crippen LogP contribution in [0.3, 0.4) is 0 Å². The molecule has 0 spiro atoms. The first-order chi connectivity index (χ1) is 14.7. The van der Waals surface area contributed by atoms with E-state index < -0.39 is 23.7 Å². The van der Waals surface area contributed by atoms with Gasteiger partial charge in [-0.3, -0.25) is 0 Å². The van der Waals surface area contributed by atoms with E-state index in [0.717, 1.165) is 30.3 Å². The molecule has 0 amide bonds. The average Bonchev–Trinajstić information content (AvgIpc) is 2.70. The summed E-state index contributed by atoms with van der Waals surface area (Å²) < 4.78 is 69.0. The molecule has 1 heterocycles. The lowest BCUT2D eigenvalue weighted by Gasteiger charge is -2.13. The Morgan fingerprint density at radius 1 is 1.00 bits per heavy atom. The summed E-state index contributed by atoms with van der Waals surface area (Å²) >= 11 is 0. The number of ether oxygens (including phenoxy) is 1. The van der Waals surface area contributed by atoms with Crippen LogP contribution in [-0.4, -0.2) is 34.6 Å². The van der Waals surface area contributed by atoms with E-state index in [4.69, 9.17) is 5.11 Å². The molecule has 0 bridgehead atoms. The normalized spacial score (nSPS) is 11.3. The van der Waals surface area contributed by atoms with Crippen molar-refractivity contribution in [2.45, 2.75) is 12.8 Å². The van der Waals surface area contributed by atoms with Gasteiger partial charge in [0, 0.05) is 30.8 Å². The number of nitrogens with one attached hydrogen (secondary N) is 2. The number of alkyl halides is 3. The quantitative estimate of drug-likeness (QED) is 0.343. The van der Waals surface area contributed by atoms with Crippen molar-refractivity contribution in [3.63, 3.8) is 0 Å². The second kappa shape index (κ2) is 9.56. The van der Waals surface area contributed by atoms with Crippen molar-refractivity contribution in [1.82, 2.24) is 9.97 Å². The summed E-state index contributed by atoms with van der Waals surface area (Å²) in [6.45, 7) is 0.230. The molecule has 0 aliphatic carbocycles. The van der Waals surface area contributed by atoms with Crippen molar-refractivity contribution in [2.24, 2.45) is 0 Å². The van der Waals surface area contributed by atoms with Gasteiger partial charge in [-0.05, 0) is 30.7 Å². The Kier molecular flexibility index (Phi) is 6.85. The van der Waals surface area contributed by atoms with Crippen molar-refractivity contribution in [1.29, 1.82) is 0 Å². The van der Waals surface area contributed by atoms with Gasteiger partial charge in [-0.1, -0.05) is 12.1 Å². The summed E-state index contributed by atoms with van der Waals surface area (Å²) in [5, 5.41) is 14.4. The van der Waals surface area contributed by atoms with E-state index >= 15 is 0 Å². The summed E-state index contributed by atoms with van der Waals surface area (Å²) in [6.07, 6.45) is -4.47. The van der Waals surface area contributed by atoms with E-state index in [1.807, 2.05) is 0 Å². The zero-order valence-corrected chi connectivity index (χ0v) is 15.9. The predicted molar refractivity (Wildman–Crippen MR) is 104 cm³/mol. The number of anilines is 3. The van der Waals surface area contributed by atoms with E-state index in [9.17, 15) is 22.0 Å². The van der Waals surface area contributed by atoms with Crippen LogP contribution in [0.2, 0.25) is 0 Å². The second-order valence-electron chi connectivity index (χ2n) is 6.29. The van der Waals surface area contributed by atoms with E-state index in [0.29, 0.717) is 13.0 Å². The van der Waals surface area contributed by atoms with Crippen LogP contribution < -0.4 is 15.4 Å². The lowest BCUT2D eigenvalue weighted by atomic mass is 10.1. The van der Waals surface area contributed by atoms with E-state index in [1.54, 1.807) is 0 Å². The van der Waals surface area contributed by atoms with Crippen molar-refractivity contribution >= 4 is 17.5 Å². The number of hydrogen-bond donors (Lipinski definition) is 3. The van der Waals surface area contributed by atoms with Crippen LogP contribution in [0.4, 0.5) is 39.4 Å². The third-order valence-electron chi connectivity index (χ3n) is 3.90. The molecule has 0 aliphatic rings. The van der Waals surface area contributed by atoms with Crippen molar-refractivity contribution in [3.05, 3.63) is 60.2 Å². The van der Waals surface area contributed by atoms with Crippen LogP contribution in [0.15, 0.2) is 48.5 Å². The maximum atomic E-state index is 14.0. The van der Waals surface area contributed by atoms with Gasteiger partial charge < -0.3 is 20.5 Å². The van der Waals surface area contributed by atoms with Gasteiger partial charge >= 0.3 is 6.36 Å². The van der Waals surface area contributed by atoms with Gasteiger partial charge in [-0.15, -0.1) is 13.2 Å². The van der Waals surface area contributed by atoms with E-state index in [-0.39, 0.29) is 35.3 Å². The molecule has 0 radical (unpaired) electrons. The summed E-state index contributed by atoms with van der Waals surface area (Å²) in [7, 11) is 0. The molecule has 0 atom stereocenters. The largest absolute Gasteiger partial charge is 0.573 e. The third-order valence-corrected chi connectivity index (χ3v) is 3.90. The minimum atomic E-state index is -4.86. The fraction of sp³-hybridized carbons (Fsp3) is 0.200. The molecule has 0 aliphatic heterocycles. The number of nitrogens with zero attached hydrogens (tertiary/aromatic N) is 2. The number of hydrogen-bond acceptors (Lipinski definition) is 6. The summed E-state index contributed by atoms with van der Waals surface area (Å²) in [5.74, 6) is -1.69. The van der Waals surface area contributed by atoms with Crippen LogP contribution in [0.25, 0.3) is 11.3 Å². The minimum Gasteiger partial charge on any atom is -0.406 e. The van der Waals surface area contributed by atoms with Crippen molar-refractivity contribution in [2.75, 3.05) is 23.8 Å². The highest BCUT2D eigenvalue weighted by molar-refractivity contribution is 5.68. The average molecular weight is 440 g/mol. The Labute approximate surface area is 173 Å². The van der Waals surface area contributed by atoms with E-state index in [1.165, 1.54) is 18.2 Å². The molecule has 0 fully saturated rings. The highest BCUT2D eigenvalue weighted by Crippen LogP contribution is 2.29. The monoisotopic (exact) mass is 440 g/mol. The van der Waals surface area contributed by atoms with Gasteiger partial charge in [-0.2, -0.15) is 4.98 Å². The molecule has 3 rings (SSSR count). The Morgan fingerprint density at radius 3 is 2.55 bits per heavy atom. The zero-order chi connectivity index (χ0) is 22.4. The molecule has 3 aromatic rings. The van der Waals surface area contributed by atoms with Gasteiger partial charge in [0.25, 0.3) is 0 Å². The van der Waals surface area contributed by atoms with Crippen LogP contribution in [0, 0.1) is 11.6 Å². The molecule has 31 heavy (non-hydrogen) atoms. The first kappa shape index (κ1) is 22.2. The SMILES string of the molecule is OCCCNc1nc(Nc2cc(F)ccc2F)cc(-c2cccc(OC(F)(F)F)c2)n1. The first-order valence-corrected chi connectivity index (χ1v) is 9.05. The summed E-state index contributed by atoms with van der Waals surface area (Å²) in [6, 6.07) is 9.35. The Bertz CT molecular complexity index is 1050. The highest BCUT2D eigenvalue weighted by Gasteiger charge is 2.31. The first-order valence-electron chi connectivity index (χ1n) is 9.05. The zero-order valence-electron chi connectivity index (χ0n) is 15.9. The predicted octanol–water partition coefficient (Wildman–Crippen LogP) is 4.86. The maximum absolute atomic E-state index is 14.0. The molecule has 3 N–H and O–H groups in total. The fourth-order valence-corrected chi connectivity index (χ4v) is 2.60. The second-order valence-corrected chi connectivity index (χ2v) is 6.29. The fourth-order valence-electron chi connectivity index (χ4n) is 2.60. The maximum Gasteiger partial charge on any atom is 0.573 e. The van der Waals surface area contributed by atoms with Gasteiger partial charge in [0.05, 0.1) is 11.4 Å². The number of aliphatic hydroxyl groups is 1. The Morgan fingerprint density at radius 2 is 1.81 bits per heavy atom. The van der Waals surface area contributed by atoms with Gasteiger partial charge in [-0.25, -0.2) is 13.8 Å². The molecular formula is C20H17F5N4O2. The van der Waals surface area contributed by atoms with Crippen LogP contribution >= 0.6 is 0 Å². The van der Waals surface area contributed by atoms with Crippen LogP contribution in [-0.2, 0) is 0 Å². The molecule has 0 saturated carbocycles. The number of halogens is 5. The Balaban J connectivity index is 1.97. The smallest absolute Gasteiger partial charge is 0.406 e. The van der Waals surface area contributed by atoms with Gasteiger partial charge in [0.15, 0.2) is 0 Å². The Hall–Kier alpha value is -3.47. The molecule has 1 aromatic heterocycles. The summed E-state index contributed by atoms with van der Waals surface area (Å²) in [4.78, 5) is 8.41. The molecule has 164 valence electrons. The lowest BCUT2D eigenvalue weighted by Crippen LogP contribution is -2.17.